The van der Waals surface area contributed by atoms with Crippen LogP contribution in [0.15, 0.2) is 33.8 Å². The average molecular weight is 469 g/mol. The zero-order valence-electron chi connectivity index (χ0n) is 19.8. The third-order valence-electron chi connectivity index (χ3n) is 6.22. The number of hydrogen-bond donors (Lipinski definition) is 2. The van der Waals surface area contributed by atoms with Gasteiger partial charge in [0.25, 0.3) is 11.8 Å². The summed E-state index contributed by atoms with van der Waals surface area (Å²) in [4.78, 5) is 27.6. The summed E-state index contributed by atoms with van der Waals surface area (Å²) < 4.78 is 16.4. The number of methoxy groups -OCH3 is 1. The van der Waals surface area contributed by atoms with Gasteiger partial charge in [-0.3, -0.25) is 14.5 Å². The van der Waals surface area contributed by atoms with Crippen LogP contribution in [0.2, 0.25) is 0 Å². The number of carbonyl (C=O) groups is 2. The number of amides is 2. The van der Waals surface area contributed by atoms with Gasteiger partial charge in [0.15, 0.2) is 5.76 Å². The number of morpholine rings is 1. The van der Waals surface area contributed by atoms with Crippen LogP contribution in [0.3, 0.4) is 0 Å². The van der Waals surface area contributed by atoms with E-state index < -0.39 is 0 Å². The summed E-state index contributed by atoms with van der Waals surface area (Å²) in [6.45, 7) is 6.81. The van der Waals surface area contributed by atoms with Gasteiger partial charge in [0.1, 0.15) is 11.5 Å². The predicted octanol–water partition coefficient (Wildman–Crippen LogP) is 2.52. The van der Waals surface area contributed by atoms with Crippen LogP contribution in [0.4, 0.5) is 0 Å². The molecule has 2 heterocycles. The number of furan rings is 1. The summed E-state index contributed by atoms with van der Waals surface area (Å²) in [5.74, 6) is 1.24. The van der Waals surface area contributed by atoms with Crippen molar-refractivity contribution in [1.82, 2.24) is 15.6 Å². The minimum Gasteiger partial charge on any atom is -0.497 e. The summed E-state index contributed by atoms with van der Waals surface area (Å²) in [6, 6.07) is 6.83. The highest BCUT2D eigenvalue weighted by Crippen LogP contribution is 2.30. The van der Waals surface area contributed by atoms with Crippen molar-refractivity contribution in [2.75, 3.05) is 46.5 Å². The number of nitrogens with one attached hydrogen (secondary N) is 2. The van der Waals surface area contributed by atoms with Gasteiger partial charge >= 0.3 is 0 Å². The molecule has 1 aromatic carbocycles. The Hall–Kier alpha value is -3.17. The minimum absolute atomic E-state index is 0.213. The SMILES string of the molecule is COc1ccc(C(=O)N/N=C2\CCCc3oc(C(=O)NCCCN4CCOCC4)c(C)c32)cc1. The Morgan fingerprint density at radius 3 is 2.62 bits per heavy atom. The molecule has 4 rings (SSSR count). The number of benzene rings is 1. The van der Waals surface area contributed by atoms with Crippen LogP contribution >= 0.6 is 0 Å². The summed E-state index contributed by atoms with van der Waals surface area (Å²) in [6.07, 6.45) is 3.16. The van der Waals surface area contributed by atoms with E-state index in [1.54, 1.807) is 31.4 Å². The molecule has 0 atom stereocenters. The van der Waals surface area contributed by atoms with Gasteiger partial charge in [-0.25, -0.2) is 5.43 Å². The van der Waals surface area contributed by atoms with E-state index in [-0.39, 0.29) is 11.8 Å². The van der Waals surface area contributed by atoms with Crippen LogP contribution in [0.1, 0.15) is 57.1 Å². The van der Waals surface area contributed by atoms with Crippen molar-refractivity contribution in [1.29, 1.82) is 0 Å². The Morgan fingerprint density at radius 1 is 1.12 bits per heavy atom. The summed E-state index contributed by atoms with van der Waals surface area (Å²) >= 11 is 0. The molecule has 2 N–H and O–H groups in total. The maximum absolute atomic E-state index is 12.8. The van der Waals surface area contributed by atoms with Crippen molar-refractivity contribution in [3.05, 3.63) is 52.5 Å². The second-order valence-electron chi connectivity index (χ2n) is 8.50. The van der Waals surface area contributed by atoms with Gasteiger partial charge in [-0.05, 0) is 57.0 Å². The molecular weight excluding hydrogens is 436 g/mol. The maximum atomic E-state index is 12.8. The molecular formula is C25H32N4O5. The number of hydrazone groups is 1. The number of nitrogens with zero attached hydrogens (tertiary/aromatic N) is 2. The molecule has 2 amide bonds. The highest BCUT2D eigenvalue weighted by atomic mass is 16.5. The number of hydrogen-bond acceptors (Lipinski definition) is 7. The molecule has 0 radical (unpaired) electrons. The Kier molecular flexibility index (Phi) is 7.97. The first-order chi connectivity index (χ1) is 16.6. The normalized spacial score (nSPS) is 17.3. The van der Waals surface area contributed by atoms with Gasteiger partial charge in [-0.2, -0.15) is 5.10 Å². The van der Waals surface area contributed by atoms with Gasteiger partial charge < -0.3 is 19.2 Å². The molecule has 1 aliphatic heterocycles. The second-order valence-corrected chi connectivity index (χ2v) is 8.50. The van der Waals surface area contributed by atoms with E-state index >= 15 is 0 Å². The van der Waals surface area contributed by atoms with Crippen molar-refractivity contribution in [2.45, 2.75) is 32.6 Å². The van der Waals surface area contributed by atoms with E-state index in [1.807, 2.05) is 6.92 Å². The van der Waals surface area contributed by atoms with Crippen molar-refractivity contribution >= 4 is 17.5 Å². The Bertz CT molecular complexity index is 1040. The van der Waals surface area contributed by atoms with Crippen LogP contribution in [-0.4, -0.2) is 68.9 Å². The number of carbonyl (C=O) groups excluding carboxylic acids is 2. The molecule has 9 nitrogen and oxygen atoms in total. The third-order valence-corrected chi connectivity index (χ3v) is 6.22. The van der Waals surface area contributed by atoms with E-state index in [1.165, 1.54) is 0 Å². The smallest absolute Gasteiger partial charge is 0.287 e. The van der Waals surface area contributed by atoms with Crippen molar-refractivity contribution in [3.63, 3.8) is 0 Å². The maximum Gasteiger partial charge on any atom is 0.287 e. The fourth-order valence-corrected chi connectivity index (χ4v) is 4.33. The average Bonchev–Trinajstić information content (AvgIpc) is 3.22. The molecule has 34 heavy (non-hydrogen) atoms. The Balaban J connectivity index is 1.37. The molecule has 1 fully saturated rings. The number of rotatable bonds is 8. The molecule has 2 aromatic rings. The molecule has 182 valence electrons. The second kappa shape index (κ2) is 11.3. The van der Waals surface area contributed by atoms with E-state index in [9.17, 15) is 9.59 Å². The van der Waals surface area contributed by atoms with E-state index in [0.29, 0.717) is 30.0 Å². The van der Waals surface area contributed by atoms with Crippen LogP contribution in [-0.2, 0) is 11.2 Å². The number of fused-ring (bicyclic) bond motifs is 1. The first-order valence-corrected chi connectivity index (χ1v) is 11.8. The van der Waals surface area contributed by atoms with Crippen molar-refractivity contribution in [3.8, 4) is 5.75 Å². The van der Waals surface area contributed by atoms with Gasteiger partial charge in [0, 0.05) is 42.7 Å². The van der Waals surface area contributed by atoms with Crippen molar-refractivity contribution in [2.24, 2.45) is 5.10 Å². The third kappa shape index (κ3) is 5.66. The molecule has 9 heteroatoms. The quantitative estimate of drug-likeness (QED) is 0.456. The highest BCUT2D eigenvalue weighted by molar-refractivity contribution is 6.07. The first-order valence-electron chi connectivity index (χ1n) is 11.8. The number of ether oxygens (including phenoxy) is 2. The van der Waals surface area contributed by atoms with E-state index in [0.717, 1.165) is 74.7 Å². The minimum atomic E-state index is -0.304. The van der Waals surface area contributed by atoms with Gasteiger partial charge in [0.05, 0.1) is 26.0 Å². The zero-order valence-corrected chi connectivity index (χ0v) is 19.8. The summed E-state index contributed by atoms with van der Waals surface area (Å²) in [7, 11) is 1.58. The molecule has 0 bridgehead atoms. The zero-order chi connectivity index (χ0) is 23.9. The summed E-state index contributed by atoms with van der Waals surface area (Å²) in [5.41, 5.74) is 5.45. The highest BCUT2D eigenvalue weighted by Gasteiger charge is 2.28. The topological polar surface area (TPSA) is 105 Å². The Labute approximate surface area is 199 Å². The number of aryl methyl sites for hydroxylation is 1. The Morgan fingerprint density at radius 2 is 1.88 bits per heavy atom. The lowest BCUT2D eigenvalue weighted by Gasteiger charge is -2.26. The van der Waals surface area contributed by atoms with E-state index in [4.69, 9.17) is 13.9 Å². The molecule has 1 aromatic heterocycles. The fraction of sp³-hybridized carbons (Fsp3) is 0.480. The lowest BCUT2D eigenvalue weighted by molar-refractivity contribution is 0.0374. The van der Waals surface area contributed by atoms with Crippen LogP contribution in [0.5, 0.6) is 5.75 Å². The summed E-state index contributed by atoms with van der Waals surface area (Å²) in [5, 5.41) is 7.36. The molecule has 1 aliphatic carbocycles. The lowest BCUT2D eigenvalue weighted by Crippen LogP contribution is -2.38. The monoisotopic (exact) mass is 468 g/mol. The lowest BCUT2D eigenvalue weighted by atomic mass is 9.93. The largest absolute Gasteiger partial charge is 0.497 e. The fourth-order valence-electron chi connectivity index (χ4n) is 4.33. The van der Waals surface area contributed by atoms with Gasteiger partial charge in [0.2, 0.25) is 0 Å². The van der Waals surface area contributed by atoms with Gasteiger partial charge in [-0.1, -0.05) is 0 Å². The molecule has 0 spiro atoms. The molecule has 2 aliphatic rings. The standard InChI is InChI=1S/C25H32N4O5/c1-17-22-20(27-28-24(30)18-7-9-19(32-2)10-8-18)5-3-6-21(22)34-23(17)25(31)26-11-4-12-29-13-15-33-16-14-29/h7-10H,3-6,11-16H2,1-2H3,(H,26,31)(H,28,30)/b27-20+. The van der Waals surface area contributed by atoms with E-state index in [2.05, 4.69) is 20.7 Å². The van der Waals surface area contributed by atoms with Crippen molar-refractivity contribution < 1.29 is 23.5 Å². The van der Waals surface area contributed by atoms with Crippen LogP contribution in [0, 0.1) is 6.92 Å². The van der Waals surface area contributed by atoms with Crippen LogP contribution < -0.4 is 15.5 Å². The van der Waals surface area contributed by atoms with Crippen LogP contribution in [0.25, 0.3) is 0 Å². The molecule has 0 unspecified atom stereocenters. The molecule has 0 saturated carbocycles. The van der Waals surface area contributed by atoms with Gasteiger partial charge in [-0.15, -0.1) is 0 Å². The predicted molar refractivity (Wildman–Crippen MR) is 128 cm³/mol. The first kappa shape index (κ1) is 24.0. The molecule has 1 saturated heterocycles.